The van der Waals surface area contributed by atoms with E-state index in [0.29, 0.717) is 22.8 Å². The van der Waals surface area contributed by atoms with Crippen LogP contribution in [0.1, 0.15) is 10.5 Å². The second-order valence-corrected chi connectivity index (χ2v) is 5.48. The summed E-state index contributed by atoms with van der Waals surface area (Å²) < 4.78 is 10.5. The first-order valence-corrected chi connectivity index (χ1v) is 7.78. The number of carbonyl (C=O) groups excluding carboxylic acids is 1. The summed E-state index contributed by atoms with van der Waals surface area (Å²) >= 11 is 0. The van der Waals surface area contributed by atoms with Gasteiger partial charge in [-0.25, -0.2) is 4.98 Å². The van der Waals surface area contributed by atoms with Gasteiger partial charge in [-0.05, 0) is 18.2 Å². The second kappa shape index (κ2) is 7.56. The molecular formula is C18H15N3O6. The number of nitrogens with one attached hydrogen (secondary N) is 1. The molecule has 2 heterocycles. The van der Waals surface area contributed by atoms with Gasteiger partial charge in [-0.15, -0.1) is 0 Å². The number of carboxylic acids is 1. The number of pyridine rings is 1. The molecule has 0 aliphatic carbocycles. The molecule has 0 radical (unpaired) electrons. The zero-order valence-electron chi connectivity index (χ0n) is 14.2. The Morgan fingerprint density at radius 1 is 1.22 bits per heavy atom. The molecular weight excluding hydrogens is 354 g/mol. The minimum absolute atomic E-state index is 0.285. The smallest absolute Gasteiger partial charge is 0.322 e. The van der Waals surface area contributed by atoms with Gasteiger partial charge in [0, 0.05) is 23.4 Å². The average molecular weight is 369 g/mol. The summed E-state index contributed by atoms with van der Waals surface area (Å²) in [7, 11) is 1.57. The Morgan fingerprint density at radius 2 is 2.04 bits per heavy atom. The number of hydrogen-bond acceptors (Lipinski definition) is 7. The third-order valence-electron chi connectivity index (χ3n) is 3.64. The van der Waals surface area contributed by atoms with E-state index in [1.807, 2.05) is 12.1 Å². The van der Waals surface area contributed by atoms with E-state index in [9.17, 15) is 14.7 Å². The number of methoxy groups -OCH3 is 1. The number of benzene rings is 1. The molecule has 3 aromatic rings. The van der Waals surface area contributed by atoms with Gasteiger partial charge in [0.25, 0.3) is 5.91 Å². The minimum atomic E-state index is -1.20. The Morgan fingerprint density at radius 3 is 2.74 bits per heavy atom. The summed E-state index contributed by atoms with van der Waals surface area (Å²) in [5, 5.41) is 24.7. The van der Waals surface area contributed by atoms with E-state index >= 15 is 0 Å². The topological polar surface area (TPSA) is 135 Å². The number of hydrogen-bond donors (Lipinski definition) is 3. The number of ether oxygens (including phenoxy) is 1. The Labute approximate surface area is 153 Å². The molecule has 0 spiro atoms. The standard InChI is InChI=1S/C18H15N3O6/c1-26-12-4-2-3-10(5-12)13-7-15(27-21-13)11-6-14(22)17(19-8-11)18(25)20-9-16(23)24/h2-8,22H,9H2,1H3,(H,20,25)(H,23,24). The van der Waals surface area contributed by atoms with E-state index in [0.717, 1.165) is 5.56 Å². The van der Waals surface area contributed by atoms with Crippen molar-refractivity contribution in [3.8, 4) is 34.1 Å². The highest BCUT2D eigenvalue weighted by Crippen LogP contribution is 2.29. The minimum Gasteiger partial charge on any atom is -0.505 e. The van der Waals surface area contributed by atoms with Crippen LogP contribution in [-0.4, -0.2) is 45.9 Å². The monoisotopic (exact) mass is 369 g/mol. The highest BCUT2D eigenvalue weighted by molar-refractivity contribution is 5.96. The molecule has 27 heavy (non-hydrogen) atoms. The fraction of sp³-hybridized carbons (Fsp3) is 0.111. The van der Waals surface area contributed by atoms with Crippen molar-refractivity contribution in [2.45, 2.75) is 0 Å². The van der Waals surface area contributed by atoms with E-state index in [4.69, 9.17) is 14.4 Å². The molecule has 2 aromatic heterocycles. The van der Waals surface area contributed by atoms with Crippen molar-refractivity contribution in [1.82, 2.24) is 15.5 Å². The molecule has 1 aromatic carbocycles. The molecule has 0 fully saturated rings. The Kier molecular flexibility index (Phi) is 5.02. The van der Waals surface area contributed by atoms with Gasteiger partial charge in [-0.2, -0.15) is 0 Å². The van der Waals surface area contributed by atoms with Crippen molar-refractivity contribution in [2.75, 3.05) is 13.7 Å². The third-order valence-corrected chi connectivity index (χ3v) is 3.64. The Bertz CT molecular complexity index is 998. The highest BCUT2D eigenvalue weighted by atomic mass is 16.5. The molecule has 0 aliphatic heterocycles. The van der Waals surface area contributed by atoms with Crippen LogP contribution in [0.15, 0.2) is 47.1 Å². The fourth-order valence-electron chi connectivity index (χ4n) is 2.33. The van der Waals surface area contributed by atoms with Crippen LogP contribution in [0.5, 0.6) is 11.5 Å². The molecule has 138 valence electrons. The van der Waals surface area contributed by atoms with Gasteiger partial charge in [0.1, 0.15) is 23.7 Å². The van der Waals surface area contributed by atoms with Crippen molar-refractivity contribution in [3.05, 3.63) is 48.3 Å². The molecule has 0 unspecified atom stereocenters. The highest BCUT2D eigenvalue weighted by Gasteiger charge is 2.17. The van der Waals surface area contributed by atoms with E-state index in [-0.39, 0.29) is 5.69 Å². The quantitative estimate of drug-likeness (QED) is 0.600. The molecule has 9 heteroatoms. The second-order valence-electron chi connectivity index (χ2n) is 5.48. The maximum absolute atomic E-state index is 11.8. The van der Waals surface area contributed by atoms with Gasteiger partial charge in [0.05, 0.1) is 7.11 Å². The van der Waals surface area contributed by atoms with Crippen LogP contribution in [-0.2, 0) is 4.79 Å². The van der Waals surface area contributed by atoms with Gasteiger partial charge in [-0.1, -0.05) is 17.3 Å². The van der Waals surface area contributed by atoms with Crippen LogP contribution >= 0.6 is 0 Å². The maximum atomic E-state index is 11.8. The lowest BCUT2D eigenvalue weighted by atomic mass is 10.1. The van der Waals surface area contributed by atoms with Crippen LogP contribution < -0.4 is 10.1 Å². The number of aliphatic carboxylic acids is 1. The molecule has 0 saturated heterocycles. The number of amides is 1. The molecule has 0 bridgehead atoms. The number of rotatable bonds is 6. The van der Waals surface area contributed by atoms with E-state index in [2.05, 4.69) is 15.5 Å². The molecule has 9 nitrogen and oxygen atoms in total. The summed E-state index contributed by atoms with van der Waals surface area (Å²) in [4.78, 5) is 26.2. The number of aromatic hydroxyl groups is 1. The Hall–Kier alpha value is -3.88. The first-order valence-electron chi connectivity index (χ1n) is 7.78. The molecule has 0 atom stereocenters. The normalized spacial score (nSPS) is 10.4. The average Bonchev–Trinajstić information content (AvgIpc) is 3.16. The zero-order valence-corrected chi connectivity index (χ0v) is 14.2. The van der Waals surface area contributed by atoms with Crippen LogP contribution in [0.4, 0.5) is 0 Å². The van der Waals surface area contributed by atoms with Crippen molar-refractivity contribution < 1.29 is 29.1 Å². The van der Waals surface area contributed by atoms with Crippen LogP contribution in [0.2, 0.25) is 0 Å². The first-order chi connectivity index (χ1) is 13.0. The molecule has 1 amide bonds. The number of carboxylic acid groups (broad SMARTS) is 1. The SMILES string of the molecule is COc1cccc(-c2cc(-c3cnc(C(=O)NCC(=O)O)c(O)c3)on2)c1. The van der Waals surface area contributed by atoms with Gasteiger partial charge in [0.15, 0.2) is 11.5 Å². The lowest BCUT2D eigenvalue weighted by Crippen LogP contribution is -2.29. The Balaban J connectivity index is 1.83. The van der Waals surface area contributed by atoms with Gasteiger partial charge in [0.2, 0.25) is 0 Å². The summed E-state index contributed by atoms with van der Waals surface area (Å²) in [5.74, 6) is -1.39. The van der Waals surface area contributed by atoms with Crippen molar-refractivity contribution >= 4 is 11.9 Å². The number of nitrogens with zero attached hydrogens (tertiary/aromatic N) is 2. The fourth-order valence-corrected chi connectivity index (χ4v) is 2.33. The molecule has 0 aliphatic rings. The zero-order chi connectivity index (χ0) is 19.4. The molecule has 3 rings (SSSR count). The van der Waals surface area contributed by atoms with Crippen molar-refractivity contribution in [2.24, 2.45) is 0 Å². The first kappa shape index (κ1) is 17.9. The number of carbonyl (C=O) groups is 2. The lowest BCUT2D eigenvalue weighted by Gasteiger charge is -2.05. The lowest BCUT2D eigenvalue weighted by molar-refractivity contribution is -0.135. The largest absolute Gasteiger partial charge is 0.505 e. The summed E-state index contributed by atoms with van der Waals surface area (Å²) in [5.41, 5.74) is 1.47. The van der Waals surface area contributed by atoms with Gasteiger partial charge in [-0.3, -0.25) is 9.59 Å². The van der Waals surface area contributed by atoms with Gasteiger partial charge < -0.3 is 24.8 Å². The predicted octanol–water partition coefficient (Wildman–Crippen LogP) is 1.93. The van der Waals surface area contributed by atoms with E-state index in [1.165, 1.54) is 12.3 Å². The van der Waals surface area contributed by atoms with Crippen molar-refractivity contribution in [3.63, 3.8) is 0 Å². The van der Waals surface area contributed by atoms with E-state index < -0.39 is 24.2 Å². The van der Waals surface area contributed by atoms with Crippen LogP contribution in [0.25, 0.3) is 22.6 Å². The predicted molar refractivity (Wildman–Crippen MR) is 93.4 cm³/mol. The summed E-state index contributed by atoms with van der Waals surface area (Å²) in [6, 6.07) is 10.2. The number of aromatic nitrogens is 2. The maximum Gasteiger partial charge on any atom is 0.322 e. The van der Waals surface area contributed by atoms with Crippen molar-refractivity contribution in [1.29, 1.82) is 0 Å². The molecule has 0 saturated carbocycles. The summed E-state index contributed by atoms with van der Waals surface area (Å²) in [6.45, 7) is -0.576. The third kappa shape index (κ3) is 4.03. The van der Waals surface area contributed by atoms with Gasteiger partial charge >= 0.3 is 5.97 Å². The van der Waals surface area contributed by atoms with Crippen LogP contribution in [0.3, 0.4) is 0 Å². The van der Waals surface area contributed by atoms with E-state index in [1.54, 1.807) is 25.3 Å². The summed E-state index contributed by atoms with van der Waals surface area (Å²) in [6.07, 6.45) is 1.32. The van der Waals surface area contributed by atoms with Crippen LogP contribution in [0, 0.1) is 0 Å². The molecule has 3 N–H and O–H groups in total.